The molecule has 1 N–H and O–H groups in total. The number of rotatable bonds is 2. The molecule has 3 amide bonds. The molecule has 0 bridgehead atoms. The molecule has 0 atom stereocenters. The van der Waals surface area contributed by atoms with Crippen molar-refractivity contribution >= 4 is 11.9 Å². The van der Waals surface area contributed by atoms with Gasteiger partial charge < -0.3 is 15.1 Å². The largest absolute Gasteiger partial charge is 0.435 e. The van der Waals surface area contributed by atoms with Gasteiger partial charge in [0.25, 0.3) is 0 Å². The van der Waals surface area contributed by atoms with Crippen LogP contribution in [0.1, 0.15) is 37.1 Å². The Morgan fingerprint density at radius 2 is 1.89 bits per heavy atom. The number of halogens is 3. The number of hydrogen-bond donors (Lipinski definition) is 1. The number of carbonyl (C=O) groups excluding carboxylic acids is 2. The molecule has 1 aromatic heterocycles. The highest BCUT2D eigenvalue weighted by Gasteiger charge is 2.50. The molecule has 1 aromatic rings. The molecule has 0 aliphatic carbocycles. The van der Waals surface area contributed by atoms with Crippen LogP contribution in [0.3, 0.4) is 0 Å². The summed E-state index contributed by atoms with van der Waals surface area (Å²) >= 11 is 0. The lowest BCUT2D eigenvalue weighted by molar-refractivity contribution is -0.141. The molecule has 4 rings (SSSR count). The van der Waals surface area contributed by atoms with Crippen molar-refractivity contribution in [2.24, 2.45) is 5.92 Å². The monoisotopic (exact) mass is 397 g/mol. The van der Waals surface area contributed by atoms with E-state index in [4.69, 9.17) is 0 Å². The van der Waals surface area contributed by atoms with Crippen molar-refractivity contribution in [1.29, 1.82) is 0 Å². The highest BCUT2D eigenvalue weighted by molar-refractivity contribution is 5.82. The second-order valence-electron chi connectivity index (χ2n) is 8.01. The molecular formula is C18H22F3N5O2. The maximum absolute atomic E-state index is 12.6. The lowest BCUT2D eigenvalue weighted by Gasteiger charge is -2.49. The Balaban J connectivity index is 1.24. The molecule has 4 heterocycles. The minimum absolute atomic E-state index is 0.000421. The fourth-order valence-electron chi connectivity index (χ4n) is 4.27. The summed E-state index contributed by atoms with van der Waals surface area (Å²) in [5.74, 6) is 0.325. The summed E-state index contributed by atoms with van der Waals surface area (Å²) in [6.07, 6.45) is -1.04. The van der Waals surface area contributed by atoms with Crippen molar-refractivity contribution < 1.29 is 22.8 Å². The van der Waals surface area contributed by atoms with Crippen LogP contribution in [-0.2, 0) is 17.4 Å². The third kappa shape index (κ3) is 3.77. The summed E-state index contributed by atoms with van der Waals surface area (Å²) in [7, 11) is 0. The van der Waals surface area contributed by atoms with Crippen LogP contribution in [-0.4, -0.2) is 63.7 Å². The minimum atomic E-state index is -4.48. The Labute approximate surface area is 160 Å². The number of carbonyl (C=O) groups is 2. The molecule has 10 heteroatoms. The Morgan fingerprint density at radius 3 is 2.43 bits per heavy atom. The number of amides is 3. The van der Waals surface area contributed by atoms with Gasteiger partial charge in [-0.15, -0.1) is 5.10 Å². The highest BCUT2D eigenvalue weighted by Crippen LogP contribution is 2.32. The Bertz CT molecular complexity index is 753. The Morgan fingerprint density at radius 1 is 1.18 bits per heavy atom. The van der Waals surface area contributed by atoms with E-state index in [1.165, 1.54) is 6.07 Å². The van der Waals surface area contributed by atoms with Crippen LogP contribution in [0, 0.1) is 5.92 Å². The number of nitrogens with one attached hydrogen (secondary N) is 1. The zero-order valence-electron chi connectivity index (χ0n) is 15.3. The van der Waals surface area contributed by atoms with E-state index < -0.39 is 11.9 Å². The van der Waals surface area contributed by atoms with Crippen LogP contribution in [0.4, 0.5) is 18.0 Å². The number of hydrogen-bond acceptors (Lipinski definition) is 4. The van der Waals surface area contributed by atoms with Crippen LogP contribution < -0.4 is 5.32 Å². The number of urea groups is 1. The van der Waals surface area contributed by atoms with Crippen molar-refractivity contribution in [2.45, 2.75) is 43.8 Å². The number of aromatic nitrogens is 2. The first kappa shape index (κ1) is 18.9. The summed E-state index contributed by atoms with van der Waals surface area (Å²) in [5.41, 5.74) is -0.659. The maximum Gasteiger partial charge on any atom is 0.435 e. The summed E-state index contributed by atoms with van der Waals surface area (Å²) in [6, 6.07) is 2.34. The van der Waals surface area contributed by atoms with Gasteiger partial charge in [-0.1, -0.05) is 0 Å². The predicted octanol–water partition coefficient (Wildman–Crippen LogP) is 1.83. The Hall–Kier alpha value is -2.39. The van der Waals surface area contributed by atoms with Gasteiger partial charge in [-0.05, 0) is 43.7 Å². The molecule has 0 radical (unpaired) electrons. The van der Waals surface area contributed by atoms with Gasteiger partial charge in [0.15, 0.2) is 5.69 Å². The van der Waals surface area contributed by atoms with E-state index in [2.05, 4.69) is 15.5 Å². The summed E-state index contributed by atoms with van der Waals surface area (Å²) in [6.45, 7) is 2.37. The highest BCUT2D eigenvalue weighted by atomic mass is 19.4. The fraction of sp³-hybridized carbons (Fsp3) is 0.667. The van der Waals surface area contributed by atoms with E-state index in [9.17, 15) is 22.8 Å². The maximum atomic E-state index is 12.6. The van der Waals surface area contributed by atoms with Gasteiger partial charge in [0.2, 0.25) is 5.91 Å². The summed E-state index contributed by atoms with van der Waals surface area (Å²) in [5, 5.41) is 9.93. The average molecular weight is 397 g/mol. The molecule has 1 spiro atoms. The van der Waals surface area contributed by atoms with Gasteiger partial charge in [-0.25, -0.2) is 4.79 Å². The Kier molecular flexibility index (Phi) is 4.67. The van der Waals surface area contributed by atoms with Crippen LogP contribution >= 0.6 is 0 Å². The van der Waals surface area contributed by atoms with Gasteiger partial charge in [0, 0.05) is 32.6 Å². The number of likely N-dealkylation sites (tertiary alicyclic amines) is 2. The smallest absolute Gasteiger partial charge is 0.347 e. The van der Waals surface area contributed by atoms with Gasteiger partial charge in [-0.2, -0.15) is 18.3 Å². The van der Waals surface area contributed by atoms with Crippen molar-refractivity contribution in [3.8, 4) is 0 Å². The third-order valence-corrected chi connectivity index (χ3v) is 5.89. The molecule has 0 saturated carbocycles. The standard InChI is InChI=1S/C18H22F3N5O2/c19-18(20,21)14-2-1-13(23-24-14)9-12-4-7-25(8-5-12)16(28)26-10-17(11-26)6-3-15(27)22-17/h1-2,12H,3-11H2,(H,22,27). The third-order valence-electron chi connectivity index (χ3n) is 5.89. The first-order valence-electron chi connectivity index (χ1n) is 9.49. The van der Waals surface area contributed by atoms with Crippen LogP contribution in [0.25, 0.3) is 0 Å². The second-order valence-corrected chi connectivity index (χ2v) is 8.01. The van der Waals surface area contributed by atoms with Crippen LogP contribution in [0.15, 0.2) is 12.1 Å². The van der Waals surface area contributed by atoms with Crippen molar-refractivity contribution in [1.82, 2.24) is 25.3 Å². The number of alkyl halides is 3. The molecule has 7 nitrogen and oxygen atoms in total. The van der Waals surface area contributed by atoms with E-state index >= 15 is 0 Å². The van der Waals surface area contributed by atoms with E-state index in [-0.39, 0.29) is 23.4 Å². The van der Waals surface area contributed by atoms with E-state index in [0.29, 0.717) is 44.7 Å². The van der Waals surface area contributed by atoms with Crippen molar-refractivity contribution in [3.05, 3.63) is 23.5 Å². The molecule has 152 valence electrons. The van der Waals surface area contributed by atoms with E-state index in [1.54, 1.807) is 4.90 Å². The predicted molar refractivity (Wildman–Crippen MR) is 92.1 cm³/mol. The van der Waals surface area contributed by atoms with E-state index in [1.807, 2.05) is 4.90 Å². The molecule has 28 heavy (non-hydrogen) atoms. The number of piperidine rings is 1. The first-order valence-corrected chi connectivity index (χ1v) is 9.49. The zero-order chi connectivity index (χ0) is 19.9. The first-order chi connectivity index (χ1) is 13.2. The molecule has 3 aliphatic heterocycles. The topological polar surface area (TPSA) is 78.4 Å². The molecule has 0 aromatic carbocycles. The average Bonchev–Trinajstić information content (AvgIpc) is 3.02. The molecular weight excluding hydrogens is 375 g/mol. The second kappa shape index (κ2) is 6.89. The molecule has 3 aliphatic rings. The molecule has 3 fully saturated rings. The van der Waals surface area contributed by atoms with Gasteiger partial charge in [-0.3, -0.25) is 4.79 Å². The van der Waals surface area contributed by atoms with Crippen LogP contribution in [0.5, 0.6) is 0 Å². The fourth-order valence-corrected chi connectivity index (χ4v) is 4.27. The van der Waals surface area contributed by atoms with Gasteiger partial charge >= 0.3 is 12.2 Å². The summed E-state index contributed by atoms with van der Waals surface area (Å²) in [4.78, 5) is 27.6. The normalized spacial score (nSPS) is 22.3. The van der Waals surface area contributed by atoms with Crippen LogP contribution in [0.2, 0.25) is 0 Å². The van der Waals surface area contributed by atoms with Crippen molar-refractivity contribution in [3.63, 3.8) is 0 Å². The SMILES string of the molecule is O=C1CCC2(CN(C(=O)N3CCC(Cc4ccc(C(F)(F)F)nn4)CC3)C2)N1. The van der Waals surface area contributed by atoms with Gasteiger partial charge in [0.1, 0.15) is 0 Å². The quantitative estimate of drug-likeness (QED) is 0.826. The number of nitrogens with zero attached hydrogens (tertiary/aromatic N) is 4. The van der Waals surface area contributed by atoms with Gasteiger partial charge in [0.05, 0.1) is 11.2 Å². The van der Waals surface area contributed by atoms with Crippen molar-refractivity contribution in [2.75, 3.05) is 26.2 Å². The molecule has 0 unspecified atom stereocenters. The lowest BCUT2D eigenvalue weighted by Crippen LogP contribution is -2.70. The lowest BCUT2D eigenvalue weighted by atomic mass is 9.88. The zero-order valence-corrected chi connectivity index (χ0v) is 15.3. The molecule has 3 saturated heterocycles. The minimum Gasteiger partial charge on any atom is -0.347 e. The summed E-state index contributed by atoms with van der Waals surface area (Å²) < 4.78 is 37.6. The van der Waals surface area contributed by atoms with E-state index in [0.717, 1.165) is 25.3 Å².